The van der Waals surface area contributed by atoms with Gasteiger partial charge in [0.15, 0.2) is 6.04 Å². The first-order chi connectivity index (χ1) is 39.2. The summed E-state index contributed by atoms with van der Waals surface area (Å²) in [5, 5.41) is 12.0. The molecule has 0 bridgehead atoms. The molecule has 2 aliphatic heterocycles. The fourth-order valence-electron chi connectivity index (χ4n) is 10.1. The van der Waals surface area contributed by atoms with Crippen LogP contribution >= 0.6 is 0 Å². The van der Waals surface area contributed by atoms with Crippen molar-refractivity contribution in [3.63, 3.8) is 0 Å². The minimum Gasteiger partial charge on any atom is -0.480 e. The van der Waals surface area contributed by atoms with E-state index in [4.69, 9.17) is 39.3 Å². The summed E-state index contributed by atoms with van der Waals surface area (Å²) in [6.07, 6.45) is 37.0. The van der Waals surface area contributed by atoms with E-state index in [-0.39, 0.29) is 43.3 Å². The number of rotatable bonds is 41. The first-order valence-corrected chi connectivity index (χ1v) is 33.1. The minimum atomic E-state index is -1.10. The number of nitrogens with two attached hydrogens (primary N) is 1. The lowest BCUT2D eigenvalue weighted by Crippen LogP contribution is -2.54. The number of ether oxygens (including phenoxy) is 6. The number of hydrogen-bond acceptors (Lipinski definition) is 13. The maximum atomic E-state index is 13.1. The number of carbonyl (C=O) groups excluding carboxylic acids is 5. The third-order valence-corrected chi connectivity index (χ3v) is 14.8. The summed E-state index contributed by atoms with van der Waals surface area (Å²) in [6, 6.07) is -1.78. The van der Waals surface area contributed by atoms with Crippen LogP contribution in [0.5, 0.6) is 0 Å². The Morgan fingerprint density at radius 1 is 0.494 bits per heavy atom. The van der Waals surface area contributed by atoms with Crippen molar-refractivity contribution in [1.82, 2.24) is 15.1 Å². The molecule has 2 rings (SSSR count). The van der Waals surface area contributed by atoms with Crippen LogP contribution < -0.4 is 11.1 Å². The summed E-state index contributed by atoms with van der Waals surface area (Å²) >= 11 is 0. The fourth-order valence-corrected chi connectivity index (χ4v) is 10.1. The Kier molecular flexibility index (Phi) is 43.6. The smallest absolute Gasteiger partial charge is 0.413 e. The van der Waals surface area contributed by atoms with Gasteiger partial charge in [-0.1, -0.05) is 182 Å². The number of carboxylic acids is 1. The number of carbonyl (C=O) groups is 6. The number of nitrogens with one attached hydrogen (secondary N) is 1. The molecule has 0 spiro atoms. The summed E-state index contributed by atoms with van der Waals surface area (Å²) in [7, 11) is 0. The predicted molar refractivity (Wildman–Crippen MR) is 333 cm³/mol. The lowest BCUT2D eigenvalue weighted by Gasteiger charge is -2.34. The van der Waals surface area contributed by atoms with E-state index >= 15 is 0 Å². The highest BCUT2D eigenvalue weighted by atomic mass is 16.6. The lowest BCUT2D eigenvalue weighted by atomic mass is 10.1. The zero-order valence-electron chi connectivity index (χ0n) is 55.5. The molecule has 3 amide bonds. The predicted octanol–water partition coefficient (Wildman–Crippen LogP) is 16.0. The molecule has 2 aliphatic rings. The number of hydrogen-bond donors (Lipinski definition) is 3. The van der Waals surface area contributed by atoms with E-state index in [2.05, 4.69) is 33.0 Å². The molecule has 2 heterocycles. The van der Waals surface area contributed by atoms with Gasteiger partial charge in [-0.05, 0) is 121 Å². The third kappa shape index (κ3) is 39.6. The molecule has 17 heteroatoms. The second kappa shape index (κ2) is 45.6. The quantitative estimate of drug-likeness (QED) is 0.0294. The highest BCUT2D eigenvalue weighted by Crippen LogP contribution is 2.31. The van der Waals surface area contributed by atoms with E-state index in [0.29, 0.717) is 32.4 Å². The van der Waals surface area contributed by atoms with E-state index in [9.17, 15) is 28.8 Å². The Bertz CT molecular complexity index is 1730. The molecule has 0 aromatic carbocycles. The van der Waals surface area contributed by atoms with Gasteiger partial charge in [-0.25, -0.2) is 14.4 Å². The Balaban J connectivity index is 0.00000135. The Labute approximate surface area is 505 Å². The number of carboxylic acid groups (broad SMARTS) is 1. The van der Waals surface area contributed by atoms with Crippen LogP contribution in [0.15, 0.2) is 0 Å². The maximum Gasteiger partial charge on any atom is 0.413 e. The van der Waals surface area contributed by atoms with E-state index < -0.39 is 52.9 Å². The normalized spacial score (nSPS) is 17.1. The first kappa shape index (κ1) is 79.3. The van der Waals surface area contributed by atoms with E-state index in [1.54, 1.807) is 69.2 Å². The Morgan fingerprint density at radius 3 is 1.14 bits per heavy atom. The van der Waals surface area contributed by atoms with Gasteiger partial charge in [-0.15, -0.1) is 0 Å². The number of aliphatic carboxylic acids is 1. The van der Waals surface area contributed by atoms with Crippen LogP contribution in [0.25, 0.3) is 0 Å². The number of unbranched alkanes of at least 4 members (excludes halogenated alkanes) is 24. The molecular weight excluding hydrogens is 1060 g/mol. The number of esters is 2. The largest absolute Gasteiger partial charge is 0.480 e. The zero-order chi connectivity index (χ0) is 62.7. The van der Waals surface area contributed by atoms with Crippen molar-refractivity contribution in [2.45, 2.75) is 362 Å². The fraction of sp³-hybridized carbons (Fsp3) is 0.909. The average Bonchev–Trinajstić information content (AvgIpc) is 3.64. The van der Waals surface area contributed by atoms with Crippen LogP contribution in [0.2, 0.25) is 0 Å². The molecular formula is C66H126N4O13. The highest BCUT2D eigenvalue weighted by molar-refractivity contribution is 5.86. The highest BCUT2D eigenvalue weighted by Gasteiger charge is 2.50. The van der Waals surface area contributed by atoms with Gasteiger partial charge in [0, 0.05) is 25.8 Å². The summed E-state index contributed by atoms with van der Waals surface area (Å²) in [5.41, 5.74) is 2.40. The molecule has 0 saturated carbocycles. The molecule has 4 N–H and O–H groups in total. The van der Waals surface area contributed by atoms with Crippen LogP contribution in [0, 0.1) is 0 Å². The van der Waals surface area contributed by atoms with Gasteiger partial charge in [-0.2, -0.15) is 0 Å². The van der Waals surface area contributed by atoms with Crippen molar-refractivity contribution >= 4 is 36.0 Å². The summed E-state index contributed by atoms with van der Waals surface area (Å²) in [5.74, 6) is -1.54. The monoisotopic (exact) mass is 1180 g/mol. The van der Waals surface area contributed by atoms with E-state index in [1.807, 2.05) is 0 Å². The van der Waals surface area contributed by atoms with Crippen LogP contribution in [-0.4, -0.2) is 124 Å². The first-order valence-electron chi connectivity index (χ1n) is 33.1. The van der Waals surface area contributed by atoms with Gasteiger partial charge in [0.25, 0.3) is 0 Å². The van der Waals surface area contributed by atoms with Gasteiger partial charge < -0.3 is 44.6 Å². The Hall–Kier alpha value is -3.70. The summed E-state index contributed by atoms with van der Waals surface area (Å²) in [6.45, 7) is 27.3. The maximum absolute atomic E-state index is 13.1. The van der Waals surface area contributed by atoms with Crippen molar-refractivity contribution in [2.24, 2.45) is 5.73 Å². The van der Waals surface area contributed by atoms with Gasteiger partial charge >= 0.3 is 30.1 Å². The number of nitrogens with zero attached hydrogens (tertiary/aromatic N) is 2. The van der Waals surface area contributed by atoms with E-state index in [1.165, 1.54) is 140 Å². The van der Waals surface area contributed by atoms with Crippen molar-refractivity contribution in [3.05, 3.63) is 0 Å². The SMILES string of the molecule is CC(C)(C)OC(=O)N1[C@H](C(=O)O)COC1(C)C.CCCCCCCCCCCC(=O)O[C@@H](CCN)CCCCCCC.CCCCCCCCCCCC(=O)O[C@H](CCCCCCC)CCNC(=O)[C@@H]1COC(C)(C)N1C(=O)OC(C)(C)C. The molecule has 0 aromatic heterocycles. The van der Waals surface area contributed by atoms with Crippen LogP contribution in [0.1, 0.15) is 315 Å². The van der Waals surface area contributed by atoms with Gasteiger partial charge in [0.1, 0.15) is 40.9 Å². The van der Waals surface area contributed by atoms with Crippen molar-refractivity contribution in [2.75, 3.05) is 26.3 Å². The molecule has 0 aromatic rings. The standard InChI is InChI=1S/C33H62N2O6.C22H45NO2.C11H19NO5/c1-8-10-12-14-15-16-17-19-21-23-29(36)40-27(22-20-18-13-11-9-2)24-25-34-30(37)28-26-39-33(6,7)35(28)31(38)41-32(3,4)5;1-3-5-7-9-10-11-12-14-16-18-22(24)25-21(19-20-23)17-15-13-8-6-4-2;1-10(2,3)17-9(15)12-7(8(13)14)6-16-11(12,4)5/h27-28H,8-26H2,1-7H3,(H,34,37);21H,3-20,23H2,1-2H3;7H,6H2,1-5H3,(H,13,14)/t27-,28+;21-;7-/m110/s1. The molecule has 2 saturated heterocycles. The molecule has 4 atom stereocenters. The molecule has 488 valence electrons. The van der Waals surface area contributed by atoms with Crippen molar-refractivity contribution < 1.29 is 62.3 Å². The second-order valence-corrected chi connectivity index (χ2v) is 26.0. The third-order valence-electron chi connectivity index (χ3n) is 14.8. The molecule has 17 nitrogen and oxygen atoms in total. The molecule has 83 heavy (non-hydrogen) atoms. The van der Waals surface area contributed by atoms with Gasteiger partial charge in [-0.3, -0.25) is 24.2 Å². The van der Waals surface area contributed by atoms with E-state index in [0.717, 1.165) is 69.1 Å². The second-order valence-electron chi connectivity index (χ2n) is 26.0. The molecule has 0 unspecified atom stereocenters. The van der Waals surface area contributed by atoms with Crippen molar-refractivity contribution in [3.8, 4) is 0 Å². The van der Waals surface area contributed by atoms with Crippen LogP contribution in [0.4, 0.5) is 9.59 Å². The topological polar surface area (TPSA) is 223 Å². The molecule has 0 radical (unpaired) electrons. The molecule has 2 fully saturated rings. The minimum absolute atomic E-state index is 0.0186. The van der Waals surface area contributed by atoms with Gasteiger partial charge in [0.05, 0.1) is 13.2 Å². The molecule has 0 aliphatic carbocycles. The average molecular weight is 1180 g/mol. The van der Waals surface area contributed by atoms with Crippen LogP contribution in [-0.2, 0) is 47.6 Å². The van der Waals surface area contributed by atoms with Crippen molar-refractivity contribution in [1.29, 1.82) is 0 Å². The number of amides is 3. The van der Waals surface area contributed by atoms with Crippen LogP contribution in [0.3, 0.4) is 0 Å². The zero-order valence-corrected chi connectivity index (χ0v) is 55.5. The summed E-state index contributed by atoms with van der Waals surface area (Å²) < 4.78 is 33.3. The lowest BCUT2D eigenvalue weighted by molar-refractivity contribution is -0.150. The Morgan fingerprint density at radius 2 is 0.807 bits per heavy atom. The van der Waals surface area contributed by atoms with Gasteiger partial charge in [0.2, 0.25) is 5.91 Å². The summed E-state index contributed by atoms with van der Waals surface area (Å²) in [4.78, 5) is 76.1.